The van der Waals surface area contributed by atoms with Crippen LogP contribution in [0.3, 0.4) is 0 Å². The van der Waals surface area contributed by atoms with Crippen LogP contribution in [0.4, 0.5) is 5.82 Å². The van der Waals surface area contributed by atoms with Crippen LogP contribution < -0.4 is 15.0 Å². The monoisotopic (exact) mass is 235 g/mol. The number of nitrogens with one attached hydrogen (secondary N) is 1. The zero-order chi connectivity index (χ0) is 11.5. The molecule has 0 atom stereocenters. The second-order valence-electron chi connectivity index (χ2n) is 4.26. The highest BCUT2D eigenvalue weighted by atomic mass is 16.5. The third-order valence-electron chi connectivity index (χ3n) is 3.09. The van der Waals surface area contributed by atoms with Gasteiger partial charge in [0.1, 0.15) is 12.4 Å². The van der Waals surface area contributed by atoms with E-state index in [4.69, 9.17) is 9.47 Å². The summed E-state index contributed by atoms with van der Waals surface area (Å²) in [6, 6.07) is 4.17. The van der Waals surface area contributed by atoms with E-state index in [0.29, 0.717) is 6.61 Å². The first-order chi connectivity index (χ1) is 8.43. The molecule has 0 aromatic carbocycles. The van der Waals surface area contributed by atoms with Crippen LogP contribution >= 0.6 is 0 Å². The summed E-state index contributed by atoms with van der Waals surface area (Å²) in [5, 5.41) is 3.30. The SMILES string of the molecule is c1cc2c(nc1N1CCOCC1)OCCNC2. The molecule has 1 N–H and O–H groups in total. The fourth-order valence-corrected chi connectivity index (χ4v) is 2.13. The Labute approximate surface area is 101 Å². The van der Waals surface area contributed by atoms with Gasteiger partial charge in [0.15, 0.2) is 0 Å². The molecule has 1 aromatic rings. The zero-order valence-corrected chi connectivity index (χ0v) is 9.82. The number of pyridine rings is 1. The quantitative estimate of drug-likeness (QED) is 0.763. The van der Waals surface area contributed by atoms with E-state index in [1.54, 1.807) is 0 Å². The van der Waals surface area contributed by atoms with Crippen LogP contribution in [0.25, 0.3) is 0 Å². The van der Waals surface area contributed by atoms with Crippen molar-refractivity contribution in [2.24, 2.45) is 0 Å². The molecule has 2 aliphatic heterocycles. The van der Waals surface area contributed by atoms with E-state index in [1.165, 1.54) is 0 Å². The van der Waals surface area contributed by atoms with Gasteiger partial charge >= 0.3 is 0 Å². The minimum atomic E-state index is 0.687. The van der Waals surface area contributed by atoms with Crippen molar-refractivity contribution in [2.45, 2.75) is 6.54 Å². The molecule has 5 nitrogen and oxygen atoms in total. The van der Waals surface area contributed by atoms with E-state index < -0.39 is 0 Å². The molecule has 0 radical (unpaired) electrons. The second-order valence-corrected chi connectivity index (χ2v) is 4.26. The fraction of sp³-hybridized carbons (Fsp3) is 0.583. The lowest BCUT2D eigenvalue weighted by Crippen LogP contribution is -2.36. The predicted octanol–water partition coefficient (Wildman–Crippen LogP) is 0.400. The maximum atomic E-state index is 5.65. The van der Waals surface area contributed by atoms with Crippen molar-refractivity contribution in [3.8, 4) is 5.88 Å². The molecule has 0 unspecified atom stereocenters. The number of rotatable bonds is 1. The largest absolute Gasteiger partial charge is 0.476 e. The van der Waals surface area contributed by atoms with Gasteiger partial charge in [-0.05, 0) is 12.1 Å². The number of hydrogen-bond acceptors (Lipinski definition) is 5. The van der Waals surface area contributed by atoms with Gasteiger partial charge in [-0.2, -0.15) is 4.98 Å². The van der Waals surface area contributed by atoms with E-state index in [0.717, 1.165) is 56.7 Å². The van der Waals surface area contributed by atoms with Crippen LogP contribution in [0.1, 0.15) is 5.56 Å². The summed E-state index contributed by atoms with van der Waals surface area (Å²) in [7, 11) is 0. The van der Waals surface area contributed by atoms with Gasteiger partial charge in [0.25, 0.3) is 0 Å². The number of fused-ring (bicyclic) bond motifs is 1. The Balaban J connectivity index is 1.83. The van der Waals surface area contributed by atoms with Gasteiger partial charge in [-0.25, -0.2) is 0 Å². The molecule has 0 saturated carbocycles. The topological polar surface area (TPSA) is 46.6 Å². The molecule has 3 rings (SSSR count). The summed E-state index contributed by atoms with van der Waals surface area (Å²) >= 11 is 0. The van der Waals surface area contributed by atoms with Gasteiger partial charge in [-0.1, -0.05) is 0 Å². The molecule has 5 heteroatoms. The molecular formula is C12H17N3O2. The van der Waals surface area contributed by atoms with Crippen LogP contribution in [-0.4, -0.2) is 44.4 Å². The lowest BCUT2D eigenvalue weighted by Gasteiger charge is -2.28. The average Bonchev–Trinajstić information content (AvgIpc) is 2.64. The molecular weight excluding hydrogens is 218 g/mol. The summed E-state index contributed by atoms with van der Waals surface area (Å²) in [4.78, 5) is 6.85. The summed E-state index contributed by atoms with van der Waals surface area (Å²) in [6.07, 6.45) is 0. The molecule has 1 fully saturated rings. The maximum Gasteiger partial charge on any atom is 0.219 e. The molecule has 17 heavy (non-hydrogen) atoms. The molecule has 0 spiro atoms. The van der Waals surface area contributed by atoms with Crippen molar-refractivity contribution in [3.63, 3.8) is 0 Å². The van der Waals surface area contributed by atoms with Crippen LogP contribution in [0.15, 0.2) is 12.1 Å². The molecule has 92 valence electrons. The van der Waals surface area contributed by atoms with E-state index >= 15 is 0 Å². The highest BCUT2D eigenvalue weighted by molar-refractivity contribution is 5.44. The Bertz CT molecular complexity index is 391. The highest BCUT2D eigenvalue weighted by Crippen LogP contribution is 2.22. The zero-order valence-electron chi connectivity index (χ0n) is 9.82. The standard InChI is InChI=1S/C12H17N3O2/c1-2-11(15-4-7-16-8-5-15)14-12-10(1)9-13-3-6-17-12/h1-2,13H,3-9H2. The van der Waals surface area contributed by atoms with Crippen LogP contribution in [0.5, 0.6) is 5.88 Å². The minimum absolute atomic E-state index is 0.687. The van der Waals surface area contributed by atoms with Gasteiger partial charge in [0.2, 0.25) is 5.88 Å². The van der Waals surface area contributed by atoms with Crippen LogP contribution in [-0.2, 0) is 11.3 Å². The highest BCUT2D eigenvalue weighted by Gasteiger charge is 2.16. The van der Waals surface area contributed by atoms with Crippen molar-refractivity contribution in [3.05, 3.63) is 17.7 Å². The number of ether oxygens (including phenoxy) is 2. The van der Waals surface area contributed by atoms with Crippen LogP contribution in [0, 0.1) is 0 Å². The van der Waals surface area contributed by atoms with Gasteiger partial charge in [-0.15, -0.1) is 0 Å². The molecule has 0 bridgehead atoms. The van der Waals surface area contributed by atoms with Crippen molar-refractivity contribution in [2.75, 3.05) is 44.4 Å². The summed E-state index contributed by atoms with van der Waals surface area (Å²) < 4.78 is 11.0. The molecule has 1 aromatic heterocycles. The molecule has 2 aliphatic rings. The number of aromatic nitrogens is 1. The molecule has 3 heterocycles. The van der Waals surface area contributed by atoms with E-state index in [2.05, 4.69) is 27.3 Å². The van der Waals surface area contributed by atoms with Gasteiger partial charge in [0.05, 0.1) is 13.2 Å². The Morgan fingerprint density at radius 3 is 2.94 bits per heavy atom. The van der Waals surface area contributed by atoms with E-state index in [9.17, 15) is 0 Å². The van der Waals surface area contributed by atoms with E-state index in [-0.39, 0.29) is 0 Å². The van der Waals surface area contributed by atoms with Gasteiger partial charge in [0, 0.05) is 31.7 Å². The third-order valence-corrected chi connectivity index (χ3v) is 3.09. The summed E-state index contributed by atoms with van der Waals surface area (Å²) in [5.74, 6) is 1.77. The average molecular weight is 235 g/mol. The summed E-state index contributed by atoms with van der Waals surface area (Å²) in [6.45, 7) is 5.78. The molecule has 0 amide bonds. The van der Waals surface area contributed by atoms with Gasteiger partial charge in [-0.3, -0.25) is 0 Å². The Kier molecular flexibility index (Phi) is 3.11. The molecule has 0 aliphatic carbocycles. The third kappa shape index (κ3) is 2.35. The first-order valence-corrected chi connectivity index (χ1v) is 6.09. The van der Waals surface area contributed by atoms with Crippen LogP contribution in [0.2, 0.25) is 0 Å². The normalized spacial score (nSPS) is 20.4. The fourth-order valence-electron chi connectivity index (χ4n) is 2.13. The number of anilines is 1. The summed E-state index contributed by atoms with van der Waals surface area (Å²) in [5.41, 5.74) is 1.14. The number of hydrogen-bond donors (Lipinski definition) is 1. The Hall–Kier alpha value is -1.33. The van der Waals surface area contributed by atoms with Crippen molar-refractivity contribution in [1.29, 1.82) is 0 Å². The van der Waals surface area contributed by atoms with E-state index in [1.807, 2.05) is 0 Å². The molecule has 1 saturated heterocycles. The predicted molar refractivity (Wildman–Crippen MR) is 64.5 cm³/mol. The van der Waals surface area contributed by atoms with Crippen molar-refractivity contribution in [1.82, 2.24) is 10.3 Å². The number of morpholine rings is 1. The first-order valence-electron chi connectivity index (χ1n) is 6.09. The smallest absolute Gasteiger partial charge is 0.219 e. The Morgan fingerprint density at radius 2 is 2.06 bits per heavy atom. The lowest BCUT2D eigenvalue weighted by atomic mass is 10.2. The maximum absolute atomic E-state index is 5.65. The lowest BCUT2D eigenvalue weighted by molar-refractivity contribution is 0.122. The first kappa shape index (κ1) is 10.8. The van der Waals surface area contributed by atoms with Crippen molar-refractivity contribution >= 4 is 5.82 Å². The van der Waals surface area contributed by atoms with Gasteiger partial charge < -0.3 is 19.7 Å². The van der Waals surface area contributed by atoms with Crippen molar-refractivity contribution < 1.29 is 9.47 Å². The minimum Gasteiger partial charge on any atom is -0.476 e. The number of nitrogens with zero attached hydrogens (tertiary/aromatic N) is 2. The second kappa shape index (κ2) is 4.89. The Morgan fingerprint density at radius 1 is 1.18 bits per heavy atom.